The van der Waals surface area contributed by atoms with Gasteiger partial charge in [-0.2, -0.15) is 4.98 Å². The molecule has 0 aliphatic carbocycles. The third kappa shape index (κ3) is 1.69. The Bertz CT molecular complexity index is 449. The minimum atomic E-state index is 0.557. The van der Waals surface area contributed by atoms with E-state index in [-0.39, 0.29) is 0 Å². The SMILES string of the molecule is CNc1nc(-c2ccc(Br)s2)c(C)o1. The van der Waals surface area contributed by atoms with Crippen molar-refractivity contribution in [2.24, 2.45) is 0 Å². The van der Waals surface area contributed by atoms with E-state index in [1.165, 1.54) is 0 Å². The van der Waals surface area contributed by atoms with E-state index in [4.69, 9.17) is 4.42 Å². The van der Waals surface area contributed by atoms with Gasteiger partial charge < -0.3 is 9.73 Å². The molecule has 0 atom stereocenters. The zero-order valence-electron chi connectivity index (χ0n) is 7.80. The second-order valence-corrected chi connectivity index (χ2v) is 5.24. The molecule has 0 bridgehead atoms. The number of hydrogen-bond donors (Lipinski definition) is 1. The summed E-state index contributed by atoms with van der Waals surface area (Å²) in [6, 6.07) is 4.59. The molecule has 0 aromatic carbocycles. The quantitative estimate of drug-likeness (QED) is 0.909. The van der Waals surface area contributed by atoms with Gasteiger partial charge in [-0.3, -0.25) is 0 Å². The summed E-state index contributed by atoms with van der Waals surface area (Å²) >= 11 is 5.07. The number of aromatic nitrogens is 1. The molecule has 2 aromatic heterocycles. The first-order chi connectivity index (χ1) is 6.70. The van der Waals surface area contributed by atoms with Gasteiger partial charge >= 0.3 is 0 Å². The Morgan fingerprint density at radius 1 is 1.50 bits per heavy atom. The van der Waals surface area contributed by atoms with Crippen LogP contribution in [0.2, 0.25) is 0 Å². The topological polar surface area (TPSA) is 38.1 Å². The largest absolute Gasteiger partial charge is 0.428 e. The van der Waals surface area contributed by atoms with E-state index in [0.717, 1.165) is 20.1 Å². The molecule has 0 aliphatic rings. The molecule has 0 spiro atoms. The molecule has 2 aromatic rings. The van der Waals surface area contributed by atoms with Crippen molar-refractivity contribution in [1.29, 1.82) is 0 Å². The van der Waals surface area contributed by atoms with E-state index in [9.17, 15) is 0 Å². The highest BCUT2D eigenvalue weighted by atomic mass is 79.9. The van der Waals surface area contributed by atoms with Crippen LogP contribution in [0.4, 0.5) is 6.01 Å². The van der Waals surface area contributed by atoms with Crippen molar-refractivity contribution in [3.05, 3.63) is 21.7 Å². The number of nitrogens with one attached hydrogen (secondary N) is 1. The molecular formula is C9H9BrN2OS. The van der Waals surface area contributed by atoms with E-state index >= 15 is 0 Å². The maximum absolute atomic E-state index is 5.40. The molecule has 1 N–H and O–H groups in total. The Morgan fingerprint density at radius 3 is 2.79 bits per heavy atom. The van der Waals surface area contributed by atoms with Gasteiger partial charge in [0.2, 0.25) is 0 Å². The van der Waals surface area contributed by atoms with E-state index < -0.39 is 0 Å². The highest BCUT2D eigenvalue weighted by Crippen LogP contribution is 2.33. The van der Waals surface area contributed by atoms with Crippen LogP contribution in [0.5, 0.6) is 0 Å². The van der Waals surface area contributed by atoms with Gasteiger partial charge in [-0.1, -0.05) is 0 Å². The lowest BCUT2D eigenvalue weighted by Gasteiger charge is -1.88. The number of oxazole rings is 1. The standard InChI is InChI=1S/C9H9BrN2OS/c1-5-8(12-9(11-2)13-5)6-3-4-7(10)14-6/h3-4H,1-2H3,(H,11,12). The molecule has 3 nitrogen and oxygen atoms in total. The fourth-order valence-corrected chi connectivity index (χ4v) is 2.60. The molecule has 14 heavy (non-hydrogen) atoms. The van der Waals surface area contributed by atoms with Crippen molar-refractivity contribution >= 4 is 33.3 Å². The number of thiophene rings is 1. The van der Waals surface area contributed by atoms with Gasteiger partial charge in [-0.15, -0.1) is 11.3 Å². The first-order valence-electron chi connectivity index (χ1n) is 4.11. The molecule has 74 valence electrons. The third-order valence-electron chi connectivity index (χ3n) is 1.82. The van der Waals surface area contributed by atoms with Crippen LogP contribution in [0.25, 0.3) is 10.6 Å². The van der Waals surface area contributed by atoms with Crippen LogP contribution in [0.3, 0.4) is 0 Å². The van der Waals surface area contributed by atoms with Crippen molar-refractivity contribution in [2.75, 3.05) is 12.4 Å². The Hall–Kier alpha value is -0.810. The number of rotatable bonds is 2. The summed E-state index contributed by atoms with van der Waals surface area (Å²) < 4.78 is 6.49. The molecule has 0 aliphatic heterocycles. The third-order valence-corrected chi connectivity index (χ3v) is 3.45. The maximum atomic E-state index is 5.40. The van der Waals surface area contributed by atoms with Crippen LogP contribution >= 0.6 is 27.3 Å². The zero-order chi connectivity index (χ0) is 10.1. The highest BCUT2D eigenvalue weighted by molar-refractivity contribution is 9.11. The summed E-state index contributed by atoms with van der Waals surface area (Å²) in [6.07, 6.45) is 0. The number of aryl methyl sites for hydroxylation is 1. The summed E-state index contributed by atoms with van der Waals surface area (Å²) in [4.78, 5) is 5.43. The molecule has 0 unspecified atom stereocenters. The van der Waals surface area contributed by atoms with Crippen molar-refractivity contribution in [2.45, 2.75) is 6.92 Å². The second-order valence-electron chi connectivity index (χ2n) is 2.78. The van der Waals surface area contributed by atoms with Gasteiger partial charge in [0.15, 0.2) is 0 Å². The monoisotopic (exact) mass is 272 g/mol. The summed E-state index contributed by atoms with van der Waals surface area (Å²) in [5.74, 6) is 0.837. The Labute approximate surface area is 94.3 Å². The molecule has 0 amide bonds. The van der Waals surface area contributed by atoms with E-state index in [2.05, 4.69) is 26.2 Å². The van der Waals surface area contributed by atoms with Gasteiger partial charge in [0.05, 0.1) is 8.66 Å². The van der Waals surface area contributed by atoms with Crippen LogP contribution in [0, 0.1) is 6.92 Å². The fraction of sp³-hybridized carbons (Fsp3) is 0.222. The average Bonchev–Trinajstić information content (AvgIpc) is 2.71. The van der Waals surface area contributed by atoms with E-state index in [0.29, 0.717) is 6.01 Å². The smallest absolute Gasteiger partial charge is 0.295 e. The van der Waals surface area contributed by atoms with Crippen molar-refractivity contribution in [1.82, 2.24) is 4.98 Å². The minimum Gasteiger partial charge on any atom is -0.428 e. The maximum Gasteiger partial charge on any atom is 0.295 e. The predicted molar refractivity (Wildman–Crippen MR) is 61.8 cm³/mol. The van der Waals surface area contributed by atoms with Crippen molar-refractivity contribution in [3.8, 4) is 10.6 Å². The normalized spacial score (nSPS) is 10.5. The van der Waals surface area contributed by atoms with Crippen molar-refractivity contribution in [3.63, 3.8) is 0 Å². The molecule has 0 saturated carbocycles. The zero-order valence-corrected chi connectivity index (χ0v) is 10.2. The Morgan fingerprint density at radius 2 is 2.29 bits per heavy atom. The fourth-order valence-electron chi connectivity index (χ4n) is 1.17. The summed E-state index contributed by atoms with van der Waals surface area (Å²) in [5.41, 5.74) is 0.907. The lowest BCUT2D eigenvalue weighted by Crippen LogP contribution is -1.86. The average molecular weight is 273 g/mol. The first-order valence-corrected chi connectivity index (χ1v) is 5.72. The van der Waals surface area contributed by atoms with Gasteiger partial charge in [0.1, 0.15) is 11.5 Å². The molecular weight excluding hydrogens is 264 g/mol. The number of anilines is 1. The van der Waals surface area contributed by atoms with Crippen LogP contribution in [0.15, 0.2) is 20.3 Å². The van der Waals surface area contributed by atoms with Crippen molar-refractivity contribution < 1.29 is 4.42 Å². The minimum absolute atomic E-state index is 0.557. The van der Waals surface area contributed by atoms with Crippen LogP contribution in [-0.4, -0.2) is 12.0 Å². The van der Waals surface area contributed by atoms with Crippen LogP contribution in [0.1, 0.15) is 5.76 Å². The Balaban J connectivity index is 2.45. The summed E-state index contributed by atoms with van der Waals surface area (Å²) in [5, 5.41) is 2.88. The molecule has 2 heterocycles. The van der Waals surface area contributed by atoms with Gasteiger partial charge in [0, 0.05) is 7.05 Å². The summed E-state index contributed by atoms with van der Waals surface area (Å²) in [7, 11) is 1.79. The summed E-state index contributed by atoms with van der Waals surface area (Å²) in [6.45, 7) is 1.91. The number of halogens is 1. The lowest BCUT2D eigenvalue weighted by molar-refractivity contribution is 0.544. The van der Waals surface area contributed by atoms with E-state index in [1.54, 1.807) is 18.4 Å². The molecule has 0 saturated heterocycles. The van der Waals surface area contributed by atoms with Gasteiger partial charge in [-0.25, -0.2) is 0 Å². The van der Waals surface area contributed by atoms with E-state index in [1.807, 2.05) is 19.1 Å². The van der Waals surface area contributed by atoms with Gasteiger partial charge in [-0.05, 0) is 35.0 Å². The van der Waals surface area contributed by atoms with Crippen LogP contribution in [-0.2, 0) is 0 Å². The van der Waals surface area contributed by atoms with Gasteiger partial charge in [0.25, 0.3) is 6.01 Å². The molecule has 5 heteroatoms. The second kappa shape index (κ2) is 3.74. The highest BCUT2D eigenvalue weighted by Gasteiger charge is 2.12. The molecule has 0 fully saturated rings. The Kier molecular flexibility index (Phi) is 2.60. The predicted octanol–water partition coefficient (Wildman–Crippen LogP) is 3.52. The molecule has 2 rings (SSSR count). The first kappa shape index (κ1) is 9.73. The number of hydrogen-bond acceptors (Lipinski definition) is 4. The van der Waals surface area contributed by atoms with Crippen LogP contribution < -0.4 is 5.32 Å². The lowest BCUT2D eigenvalue weighted by atomic mass is 10.3. The number of nitrogens with zero attached hydrogens (tertiary/aromatic N) is 1. The molecule has 0 radical (unpaired) electrons.